The predicted molar refractivity (Wildman–Crippen MR) is 145 cm³/mol. The molecule has 4 rings (SSSR count). The number of esters is 2. The molecule has 4 aliphatic heterocycles. The molecule has 2 unspecified atom stereocenters. The van der Waals surface area contributed by atoms with E-state index in [9.17, 15) is 9.59 Å². The van der Waals surface area contributed by atoms with Crippen LogP contribution in [0.3, 0.4) is 0 Å². The number of unbranched alkanes of at least 4 members (excludes halogenated alkanes) is 2. The van der Waals surface area contributed by atoms with Gasteiger partial charge in [0.05, 0.1) is 30.3 Å². The van der Waals surface area contributed by atoms with Gasteiger partial charge in [0, 0.05) is 6.42 Å². The molecule has 0 bridgehead atoms. The highest BCUT2D eigenvalue weighted by Gasteiger charge is 2.34. The first-order valence-electron chi connectivity index (χ1n) is 14.8. The second-order valence-corrected chi connectivity index (χ2v) is 11.5. The number of carbonyl (C=O) groups excluding carboxylic acids is 2. The van der Waals surface area contributed by atoms with Gasteiger partial charge >= 0.3 is 11.9 Å². The molecule has 0 N–H and O–H groups in total. The molecule has 4 heterocycles. The summed E-state index contributed by atoms with van der Waals surface area (Å²) < 4.78 is 22.6. The first-order valence-corrected chi connectivity index (χ1v) is 14.8. The summed E-state index contributed by atoms with van der Waals surface area (Å²) in [5.74, 6) is -0.0287. The molecule has 4 fully saturated rings. The summed E-state index contributed by atoms with van der Waals surface area (Å²) >= 11 is 0. The number of carbonyl (C=O) groups is 2. The minimum atomic E-state index is -0.0491. The van der Waals surface area contributed by atoms with Gasteiger partial charge in [-0.25, -0.2) is 0 Å². The van der Waals surface area contributed by atoms with E-state index in [1.807, 2.05) is 6.92 Å². The molecule has 210 valence electrons. The van der Waals surface area contributed by atoms with Crippen molar-refractivity contribution < 1.29 is 28.5 Å². The quantitative estimate of drug-likeness (QED) is 0.205. The lowest BCUT2D eigenvalue weighted by Crippen LogP contribution is -2.15. The van der Waals surface area contributed by atoms with Crippen LogP contribution >= 0.6 is 0 Å². The summed E-state index contributed by atoms with van der Waals surface area (Å²) in [5, 5.41) is 0. The second-order valence-electron chi connectivity index (χ2n) is 11.5. The highest BCUT2D eigenvalue weighted by Crippen LogP contribution is 2.33. The lowest BCUT2D eigenvalue weighted by Gasteiger charge is -2.15. The third-order valence-corrected chi connectivity index (χ3v) is 8.13. The fourth-order valence-corrected chi connectivity index (χ4v) is 5.81. The number of rotatable bonds is 12. The van der Waals surface area contributed by atoms with Gasteiger partial charge in [0.15, 0.2) is 0 Å². The molecule has 7 atom stereocenters. The first-order chi connectivity index (χ1) is 17.8. The largest absolute Gasteiger partial charge is 0.462 e. The van der Waals surface area contributed by atoms with E-state index in [1.54, 1.807) is 0 Å². The molecule has 37 heavy (non-hydrogen) atoms. The molecule has 6 nitrogen and oxygen atoms in total. The number of cyclic esters (lactones) is 2. The molecule has 0 saturated carbocycles. The van der Waals surface area contributed by atoms with Crippen molar-refractivity contribution in [2.24, 2.45) is 5.92 Å². The summed E-state index contributed by atoms with van der Waals surface area (Å²) in [6, 6.07) is 0. The minimum absolute atomic E-state index is 0.0445. The number of hydrogen-bond acceptors (Lipinski definition) is 6. The van der Waals surface area contributed by atoms with Crippen LogP contribution in [0.25, 0.3) is 0 Å². The van der Waals surface area contributed by atoms with Crippen molar-refractivity contribution in [2.45, 2.75) is 154 Å². The lowest BCUT2D eigenvalue weighted by molar-refractivity contribution is -0.144. The predicted octanol–water partition coefficient (Wildman–Crippen LogP) is 7.00. The van der Waals surface area contributed by atoms with Gasteiger partial charge in [-0.15, -0.1) is 0 Å². The van der Waals surface area contributed by atoms with E-state index in [2.05, 4.69) is 27.0 Å². The van der Waals surface area contributed by atoms with Crippen LogP contribution in [0.1, 0.15) is 117 Å². The van der Waals surface area contributed by atoms with Crippen LogP contribution in [0, 0.1) is 5.92 Å². The normalized spacial score (nSPS) is 33.4. The van der Waals surface area contributed by atoms with Crippen LogP contribution < -0.4 is 0 Å². The zero-order valence-electron chi connectivity index (χ0n) is 23.5. The highest BCUT2D eigenvalue weighted by atomic mass is 16.6. The standard InChI is InChI=1S/C16H26O3.C15H24O3/c1-4-5-6-13-9-11(2)15(18-13)8-7-14-10-12(3)16(17)19-14;1-3-4-5-13-10-11(2)14(17-13)8-6-12-7-9-15(16)18-12/h12-15H,2,4-10H2,1,3H3;12-14H,2-10H2,1H3/t12-,13+,14?,15+;12?,13-,14-/m10/s1. The molecule has 0 aromatic heterocycles. The summed E-state index contributed by atoms with van der Waals surface area (Å²) in [4.78, 5) is 22.4. The Morgan fingerprint density at radius 1 is 0.730 bits per heavy atom. The molecule has 0 amide bonds. The number of ether oxygens (including phenoxy) is 4. The molecule has 0 spiro atoms. The Bertz CT molecular complexity index is 776. The smallest absolute Gasteiger partial charge is 0.309 e. The van der Waals surface area contributed by atoms with Crippen LogP contribution in [0.2, 0.25) is 0 Å². The SMILES string of the molecule is C=C1C[C@H](CCCC)O[C@H]1CCC1CCC(=O)O1.C=C1C[C@H](CCCC)O[C@H]1CCC1C[C@@H](C)C(=O)O1. The van der Waals surface area contributed by atoms with E-state index in [0.717, 1.165) is 64.2 Å². The van der Waals surface area contributed by atoms with E-state index in [1.165, 1.54) is 36.8 Å². The Kier molecular flexibility index (Phi) is 12.2. The van der Waals surface area contributed by atoms with Crippen molar-refractivity contribution in [1.82, 2.24) is 0 Å². The Hall–Kier alpha value is -1.66. The van der Waals surface area contributed by atoms with E-state index in [0.29, 0.717) is 18.6 Å². The van der Waals surface area contributed by atoms with Gasteiger partial charge in [-0.1, -0.05) is 59.6 Å². The first kappa shape index (κ1) is 29.9. The maximum Gasteiger partial charge on any atom is 0.309 e. The van der Waals surface area contributed by atoms with Crippen LogP contribution in [0.5, 0.6) is 0 Å². The van der Waals surface area contributed by atoms with Crippen molar-refractivity contribution in [3.63, 3.8) is 0 Å². The maximum absolute atomic E-state index is 11.3. The van der Waals surface area contributed by atoms with Crippen LogP contribution in [0.4, 0.5) is 0 Å². The third-order valence-electron chi connectivity index (χ3n) is 8.13. The van der Waals surface area contributed by atoms with E-state index >= 15 is 0 Å². The maximum atomic E-state index is 11.3. The summed E-state index contributed by atoms with van der Waals surface area (Å²) in [6.45, 7) is 14.6. The lowest BCUT2D eigenvalue weighted by atomic mass is 9.99. The molecule has 6 heteroatoms. The molecule has 4 aliphatic rings. The van der Waals surface area contributed by atoms with Gasteiger partial charge < -0.3 is 18.9 Å². The molecule has 0 radical (unpaired) electrons. The zero-order chi connectivity index (χ0) is 26.8. The fourth-order valence-electron chi connectivity index (χ4n) is 5.81. The minimum Gasteiger partial charge on any atom is -0.462 e. The summed E-state index contributed by atoms with van der Waals surface area (Å²) in [7, 11) is 0. The topological polar surface area (TPSA) is 71.1 Å². The summed E-state index contributed by atoms with van der Waals surface area (Å²) in [6.07, 6.45) is 16.5. The molecule has 0 aliphatic carbocycles. The average Bonchev–Trinajstić information content (AvgIpc) is 3.62. The Morgan fingerprint density at radius 2 is 1.27 bits per heavy atom. The molecular weight excluding hydrogens is 468 g/mol. The average molecular weight is 519 g/mol. The Morgan fingerprint density at radius 3 is 1.70 bits per heavy atom. The Balaban J connectivity index is 0.000000206. The summed E-state index contributed by atoms with van der Waals surface area (Å²) in [5.41, 5.74) is 2.44. The highest BCUT2D eigenvalue weighted by molar-refractivity contribution is 5.74. The van der Waals surface area contributed by atoms with Gasteiger partial charge in [-0.3, -0.25) is 9.59 Å². The monoisotopic (exact) mass is 518 g/mol. The zero-order valence-corrected chi connectivity index (χ0v) is 23.5. The van der Waals surface area contributed by atoms with Gasteiger partial charge in [-0.05, 0) is 75.4 Å². The van der Waals surface area contributed by atoms with Crippen molar-refractivity contribution in [3.05, 3.63) is 24.3 Å². The van der Waals surface area contributed by atoms with E-state index in [4.69, 9.17) is 18.9 Å². The van der Waals surface area contributed by atoms with Crippen molar-refractivity contribution in [1.29, 1.82) is 0 Å². The number of hydrogen-bond donors (Lipinski definition) is 0. The Labute approximate surface area is 224 Å². The molecule has 0 aromatic carbocycles. The van der Waals surface area contributed by atoms with E-state index < -0.39 is 0 Å². The molecular formula is C31H50O6. The van der Waals surface area contributed by atoms with Crippen molar-refractivity contribution in [2.75, 3.05) is 0 Å². The van der Waals surface area contributed by atoms with Gasteiger partial charge in [0.1, 0.15) is 12.2 Å². The van der Waals surface area contributed by atoms with Crippen molar-refractivity contribution in [3.8, 4) is 0 Å². The van der Waals surface area contributed by atoms with Gasteiger partial charge in [0.25, 0.3) is 0 Å². The van der Waals surface area contributed by atoms with Gasteiger partial charge in [-0.2, -0.15) is 0 Å². The van der Waals surface area contributed by atoms with Crippen LogP contribution in [-0.2, 0) is 28.5 Å². The molecule has 4 saturated heterocycles. The van der Waals surface area contributed by atoms with E-state index in [-0.39, 0.29) is 42.3 Å². The van der Waals surface area contributed by atoms with Crippen LogP contribution in [0.15, 0.2) is 24.3 Å². The van der Waals surface area contributed by atoms with Crippen LogP contribution in [-0.4, -0.2) is 48.6 Å². The molecule has 0 aromatic rings. The van der Waals surface area contributed by atoms with Crippen molar-refractivity contribution >= 4 is 11.9 Å². The van der Waals surface area contributed by atoms with Gasteiger partial charge in [0.2, 0.25) is 0 Å². The third kappa shape index (κ3) is 9.55. The fraction of sp³-hybridized carbons (Fsp3) is 0.806. The second kappa shape index (κ2) is 15.1.